The molecule has 0 aromatic rings. The third-order valence-electron chi connectivity index (χ3n) is 6.34. The van der Waals surface area contributed by atoms with Gasteiger partial charge in [-0.2, -0.15) is 0 Å². The Hall–Kier alpha value is -0.120. The minimum atomic E-state index is -0.358. The molecule has 4 fully saturated rings. The maximum Gasteiger partial charge on any atom is 0.113 e. The molecule has 6 atom stereocenters. The van der Waals surface area contributed by atoms with Gasteiger partial charge in [-0.15, -0.1) is 0 Å². The largest absolute Gasteiger partial charge is 0.378 e. The van der Waals surface area contributed by atoms with Crippen LogP contribution in [0.3, 0.4) is 0 Å². The summed E-state index contributed by atoms with van der Waals surface area (Å²) in [7, 11) is 0. The van der Waals surface area contributed by atoms with Gasteiger partial charge in [-0.1, -0.05) is 19.3 Å². The molecule has 6 unspecified atom stereocenters. The number of rotatable bonds is 1. The predicted molar refractivity (Wildman–Crippen MR) is 68.5 cm³/mol. The normalized spacial score (nSPS) is 53.0. The number of aliphatic hydroxyl groups is 2. The van der Waals surface area contributed by atoms with Crippen LogP contribution in [-0.2, 0) is 0 Å². The van der Waals surface area contributed by atoms with E-state index in [1.165, 1.54) is 51.4 Å². The number of fused-ring (bicyclic) bond motifs is 5. The SMILES string of the molecule is OC1C2C3CCC(C3)C2C(O)N1C1CCCCC1. The van der Waals surface area contributed by atoms with Gasteiger partial charge in [0.15, 0.2) is 0 Å². The molecular weight excluding hydrogens is 226 g/mol. The Kier molecular flexibility index (Phi) is 2.72. The zero-order chi connectivity index (χ0) is 12.3. The molecule has 3 heteroatoms. The van der Waals surface area contributed by atoms with Gasteiger partial charge in [-0.05, 0) is 43.9 Å². The average Bonchev–Trinajstić information content (AvgIpc) is 3.05. The molecule has 3 aliphatic carbocycles. The molecule has 0 aromatic carbocycles. The Balaban J connectivity index is 1.58. The Bertz CT molecular complexity index is 306. The first-order chi connectivity index (χ1) is 8.77. The second-order valence-electron chi connectivity index (χ2n) is 7.05. The first-order valence-corrected chi connectivity index (χ1v) is 7.91. The van der Waals surface area contributed by atoms with Crippen molar-refractivity contribution in [3.8, 4) is 0 Å². The highest BCUT2D eigenvalue weighted by Crippen LogP contribution is 2.59. The van der Waals surface area contributed by atoms with E-state index < -0.39 is 0 Å². The second-order valence-corrected chi connectivity index (χ2v) is 7.05. The van der Waals surface area contributed by atoms with E-state index in [0.29, 0.717) is 29.7 Å². The maximum atomic E-state index is 10.7. The molecule has 0 aromatic heterocycles. The van der Waals surface area contributed by atoms with Crippen molar-refractivity contribution >= 4 is 0 Å². The molecule has 3 saturated carbocycles. The molecule has 2 N–H and O–H groups in total. The zero-order valence-electron chi connectivity index (χ0n) is 11.0. The van der Waals surface area contributed by atoms with E-state index >= 15 is 0 Å². The smallest absolute Gasteiger partial charge is 0.113 e. The first kappa shape index (κ1) is 11.7. The van der Waals surface area contributed by atoms with Crippen molar-refractivity contribution in [2.75, 3.05) is 0 Å². The van der Waals surface area contributed by atoms with Gasteiger partial charge in [0, 0.05) is 17.9 Å². The monoisotopic (exact) mass is 251 g/mol. The highest BCUT2D eigenvalue weighted by atomic mass is 16.3. The van der Waals surface area contributed by atoms with Gasteiger partial charge in [0.05, 0.1) is 0 Å². The predicted octanol–water partition coefficient (Wildman–Crippen LogP) is 1.93. The molecule has 1 saturated heterocycles. The van der Waals surface area contributed by atoms with Crippen molar-refractivity contribution in [1.29, 1.82) is 0 Å². The van der Waals surface area contributed by atoms with Crippen molar-refractivity contribution in [3.63, 3.8) is 0 Å². The lowest BCUT2D eigenvalue weighted by Gasteiger charge is -2.37. The average molecular weight is 251 g/mol. The van der Waals surface area contributed by atoms with E-state index in [-0.39, 0.29) is 12.5 Å². The van der Waals surface area contributed by atoms with Crippen molar-refractivity contribution in [2.24, 2.45) is 23.7 Å². The van der Waals surface area contributed by atoms with Crippen LogP contribution >= 0.6 is 0 Å². The summed E-state index contributed by atoms with van der Waals surface area (Å²) < 4.78 is 0. The Morgan fingerprint density at radius 1 is 0.722 bits per heavy atom. The third-order valence-corrected chi connectivity index (χ3v) is 6.34. The fraction of sp³-hybridized carbons (Fsp3) is 1.00. The van der Waals surface area contributed by atoms with Crippen molar-refractivity contribution in [2.45, 2.75) is 69.9 Å². The fourth-order valence-electron chi connectivity index (χ4n) is 5.63. The number of likely N-dealkylation sites (tertiary alicyclic amines) is 1. The van der Waals surface area contributed by atoms with Crippen LogP contribution in [-0.4, -0.2) is 33.6 Å². The van der Waals surface area contributed by atoms with E-state index in [2.05, 4.69) is 4.90 Å². The van der Waals surface area contributed by atoms with Gasteiger partial charge in [0.2, 0.25) is 0 Å². The van der Waals surface area contributed by atoms with Gasteiger partial charge in [-0.3, -0.25) is 0 Å². The second kappa shape index (κ2) is 4.19. The van der Waals surface area contributed by atoms with Crippen molar-refractivity contribution in [3.05, 3.63) is 0 Å². The van der Waals surface area contributed by atoms with Crippen LogP contribution in [0.1, 0.15) is 51.4 Å². The van der Waals surface area contributed by atoms with Crippen LogP contribution in [0.4, 0.5) is 0 Å². The van der Waals surface area contributed by atoms with E-state index in [0.717, 1.165) is 0 Å². The van der Waals surface area contributed by atoms with Crippen molar-refractivity contribution < 1.29 is 10.2 Å². The summed E-state index contributed by atoms with van der Waals surface area (Å²) in [6, 6.07) is 0.439. The van der Waals surface area contributed by atoms with Crippen LogP contribution < -0.4 is 0 Å². The Labute approximate surface area is 109 Å². The summed E-state index contributed by atoms with van der Waals surface area (Å²) in [5.74, 6) is 2.14. The summed E-state index contributed by atoms with van der Waals surface area (Å²) in [6.07, 6.45) is 9.32. The zero-order valence-corrected chi connectivity index (χ0v) is 11.0. The highest BCUT2D eigenvalue weighted by molar-refractivity contribution is 5.07. The summed E-state index contributed by atoms with van der Waals surface area (Å²) in [5, 5.41) is 21.3. The molecular formula is C15H25NO2. The minimum Gasteiger partial charge on any atom is -0.378 e. The molecule has 2 bridgehead atoms. The summed E-state index contributed by atoms with van der Waals surface area (Å²) in [6.45, 7) is 0. The van der Waals surface area contributed by atoms with Gasteiger partial charge in [0.1, 0.15) is 12.5 Å². The van der Waals surface area contributed by atoms with E-state index in [4.69, 9.17) is 0 Å². The highest BCUT2D eigenvalue weighted by Gasteiger charge is 2.61. The van der Waals surface area contributed by atoms with Crippen LogP contribution in [0.25, 0.3) is 0 Å². The third kappa shape index (κ3) is 1.47. The molecule has 1 heterocycles. The maximum absolute atomic E-state index is 10.7. The quantitative estimate of drug-likeness (QED) is 0.748. The molecule has 102 valence electrons. The number of nitrogens with zero attached hydrogens (tertiary/aromatic N) is 1. The Morgan fingerprint density at radius 2 is 1.28 bits per heavy atom. The molecule has 4 rings (SSSR count). The standard InChI is InChI=1S/C15H25NO2/c17-14-12-9-6-7-10(8-9)13(12)15(18)16(14)11-4-2-1-3-5-11/h9-15,17-18H,1-8H2. The lowest BCUT2D eigenvalue weighted by Crippen LogP contribution is -2.47. The van der Waals surface area contributed by atoms with E-state index in [1.54, 1.807) is 0 Å². The van der Waals surface area contributed by atoms with Gasteiger partial charge < -0.3 is 10.2 Å². The molecule has 3 nitrogen and oxygen atoms in total. The van der Waals surface area contributed by atoms with Crippen LogP contribution in [0.2, 0.25) is 0 Å². The summed E-state index contributed by atoms with van der Waals surface area (Å²) in [5.41, 5.74) is 0. The summed E-state index contributed by atoms with van der Waals surface area (Å²) in [4.78, 5) is 2.10. The number of hydrogen-bond donors (Lipinski definition) is 2. The molecule has 0 radical (unpaired) electrons. The topological polar surface area (TPSA) is 43.7 Å². The van der Waals surface area contributed by atoms with Crippen molar-refractivity contribution in [1.82, 2.24) is 4.90 Å². The van der Waals surface area contributed by atoms with Crippen LogP contribution in [0.5, 0.6) is 0 Å². The van der Waals surface area contributed by atoms with Gasteiger partial charge >= 0.3 is 0 Å². The van der Waals surface area contributed by atoms with Crippen LogP contribution in [0.15, 0.2) is 0 Å². The Morgan fingerprint density at radius 3 is 1.83 bits per heavy atom. The lowest BCUT2D eigenvalue weighted by atomic mass is 9.80. The molecule has 4 aliphatic rings. The summed E-state index contributed by atoms with van der Waals surface area (Å²) >= 11 is 0. The minimum absolute atomic E-state index is 0.358. The molecule has 0 amide bonds. The number of aliphatic hydroxyl groups excluding tert-OH is 2. The van der Waals surface area contributed by atoms with Gasteiger partial charge in [0.25, 0.3) is 0 Å². The molecule has 1 aliphatic heterocycles. The number of hydrogen-bond acceptors (Lipinski definition) is 3. The van der Waals surface area contributed by atoms with Crippen LogP contribution in [0, 0.1) is 23.7 Å². The fourth-order valence-corrected chi connectivity index (χ4v) is 5.63. The lowest BCUT2D eigenvalue weighted by molar-refractivity contribution is -0.106. The first-order valence-electron chi connectivity index (χ1n) is 7.91. The van der Waals surface area contributed by atoms with E-state index in [9.17, 15) is 10.2 Å². The van der Waals surface area contributed by atoms with E-state index in [1.807, 2.05) is 0 Å². The van der Waals surface area contributed by atoms with Gasteiger partial charge in [-0.25, -0.2) is 4.90 Å². The molecule has 0 spiro atoms. The molecule has 18 heavy (non-hydrogen) atoms.